The maximum atomic E-state index is 4.10. The van der Waals surface area contributed by atoms with Gasteiger partial charge in [-0.05, 0) is 17.7 Å². The average molecular weight is 269 g/mol. The predicted octanol–water partition coefficient (Wildman–Crippen LogP) is 1.07. The van der Waals surface area contributed by atoms with Crippen molar-refractivity contribution in [2.24, 2.45) is 7.05 Å². The summed E-state index contributed by atoms with van der Waals surface area (Å²) in [5, 5.41) is 15.4. The van der Waals surface area contributed by atoms with Gasteiger partial charge in [0.05, 0.1) is 13.1 Å². The van der Waals surface area contributed by atoms with Crippen LogP contribution in [0.3, 0.4) is 0 Å². The SMILES string of the molecule is Cn1cc(CNc2cccc(Cn3cncn3)c2)nn1. The highest BCUT2D eigenvalue weighted by Gasteiger charge is 2.00. The molecule has 0 fully saturated rings. The zero-order valence-corrected chi connectivity index (χ0v) is 11.1. The summed E-state index contributed by atoms with van der Waals surface area (Å²) in [5.41, 5.74) is 3.13. The van der Waals surface area contributed by atoms with E-state index in [1.165, 1.54) is 11.9 Å². The number of nitrogens with one attached hydrogen (secondary N) is 1. The van der Waals surface area contributed by atoms with Gasteiger partial charge in [-0.3, -0.25) is 4.68 Å². The molecular formula is C13H15N7. The van der Waals surface area contributed by atoms with Crippen molar-refractivity contribution in [1.29, 1.82) is 0 Å². The van der Waals surface area contributed by atoms with Crippen molar-refractivity contribution >= 4 is 5.69 Å². The normalized spacial score (nSPS) is 10.7. The van der Waals surface area contributed by atoms with Crippen LogP contribution in [0.2, 0.25) is 0 Å². The summed E-state index contributed by atoms with van der Waals surface area (Å²) < 4.78 is 3.49. The Labute approximate surface area is 116 Å². The zero-order chi connectivity index (χ0) is 13.8. The molecule has 7 nitrogen and oxygen atoms in total. The molecule has 102 valence electrons. The highest BCUT2D eigenvalue weighted by molar-refractivity contribution is 5.45. The highest BCUT2D eigenvalue weighted by atomic mass is 15.4. The van der Waals surface area contributed by atoms with E-state index >= 15 is 0 Å². The Morgan fingerprint density at radius 1 is 1.30 bits per heavy atom. The van der Waals surface area contributed by atoms with Crippen LogP contribution in [0.5, 0.6) is 0 Å². The summed E-state index contributed by atoms with van der Waals surface area (Å²) in [4.78, 5) is 3.94. The van der Waals surface area contributed by atoms with E-state index < -0.39 is 0 Å². The number of aryl methyl sites for hydroxylation is 1. The minimum absolute atomic E-state index is 0.653. The second-order valence-electron chi connectivity index (χ2n) is 4.53. The highest BCUT2D eigenvalue weighted by Crippen LogP contribution is 2.12. The molecule has 0 aliphatic heterocycles. The van der Waals surface area contributed by atoms with Gasteiger partial charge in [0.1, 0.15) is 18.3 Å². The van der Waals surface area contributed by atoms with E-state index in [1.54, 1.807) is 15.7 Å². The molecule has 0 atom stereocenters. The second kappa shape index (κ2) is 5.52. The van der Waals surface area contributed by atoms with Crippen LogP contribution >= 0.6 is 0 Å². The predicted molar refractivity (Wildman–Crippen MR) is 73.9 cm³/mol. The first kappa shape index (κ1) is 12.3. The summed E-state index contributed by atoms with van der Waals surface area (Å²) in [6, 6.07) is 8.21. The van der Waals surface area contributed by atoms with Crippen LogP contribution in [0.1, 0.15) is 11.3 Å². The first-order chi connectivity index (χ1) is 9.79. The van der Waals surface area contributed by atoms with Crippen LogP contribution in [0.25, 0.3) is 0 Å². The third-order valence-corrected chi connectivity index (χ3v) is 2.86. The van der Waals surface area contributed by atoms with E-state index in [0.29, 0.717) is 13.1 Å². The van der Waals surface area contributed by atoms with Gasteiger partial charge in [0, 0.05) is 18.9 Å². The minimum Gasteiger partial charge on any atom is -0.379 e. The fraction of sp³-hybridized carbons (Fsp3) is 0.231. The molecule has 0 unspecified atom stereocenters. The molecule has 0 aliphatic carbocycles. The molecule has 0 bridgehead atoms. The van der Waals surface area contributed by atoms with Crippen molar-refractivity contribution in [3.05, 3.63) is 54.4 Å². The van der Waals surface area contributed by atoms with Gasteiger partial charge >= 0.3 is 0 Å². The molecule has 2 heterocycles. The van der Waals surface area contributed by atoms with Crippen LogP contribution in [-0.2, 0) is 20.1 Å². The first-order valence-electron chi connectivity index (χ1n) is 6.30. The van der Waals surface area contributed by atoms with Crippen molar-refractivity contribution in [3.8, 4) is 0 Å². The van der Waals surface area contributed by atoms with Crippen LogP contribution in [-0.4, -0.2) is 29.8 Å². The smallest absolute Gasteiger partial charge is 0.137 e. The van der Waals surface area contributed by atoms with E-state index in [-0.39, 0.29) is 0 Å². The topological polar surface area (TPSA) is 73.5 Å². The minimum atomic E-state index is 0.653. The number of hydrogen-bond acceptors (Lipinski definition) is 5. The van der Waals surface area contributed by atoms with Crippen LogP contribution in [0.15, 0.2) is 43.1 Å². The molecule has 7 heteroatoms. The molecule has 0 spiro atoms. The monoisotopic (exact) mass is 269 g/mol. The molecular weight excluding hydrogens is 254 g/mol. The largest absolute Gasteiger partial charge is 0.379 e. The molecule has 1 N–H and O–H groups in total. The van der Waals surface area contributed by atoms with Gasteiger partial charge in [0.25, 0.3) is 0 Å². The summed E-state index contributed by atoms with van der Waals surface area (Å²) in [7, 11) is 1.86. The average Bonchev–Trinajstić information content (AvgIpc) is 3.09. The number of anilines is 1. The maximum absolute atomic E-state index is 4.10. The fourth-order valence-corrected chi connectivity index (χ4v) is 1.95. The van der Waals surface area contributed by atoms with Crippen molar-refractivity contribution in [2.45, 2.75) is 13.1 Å². The number of rotatable bonds is 5. The molecule has 2 aromatic heterocycles. The Balaban J connectivity index is 1.65. The van der Waals surface area contributed by atoms with Crippen molar-refractivity contribution in [1.82, 2.24) is 29.8 Å². The van der Waals surface area contributed by atoms with Crippen LogP contribution < -0.4 is 5.32 Å². The van der Waals surface area contributed by atoms with E-state index in [2.05, 4.69) is 37.8 Å². The first-order valence-corrected chi connectivity index (χ1v) is 6.30. The van der Waals surface area contributed by atoms with Gasteiger partial charge in [-0.2, -0.15) is 5.10 Å². The molecule has 20 heavy (non-hydrogen) atoms. The third kappa shape index (κ3) is 3.00. The van der Waals surface area contributed by atoms with E-state index in [0.717, 1.165) is 11.4 Å². The Morgan fingerprint density at radius 2 is 2.25 bits per heavy atom. The molecule has 3 rings (SSSR count). The lowest BCUT2D eigenvalue weighted by molar-refractivity contribution is 0.685. The summed E-state index contributed by atoms with van der Waals surface area (Å²) in [6.07, 6.45) is 5.14. The maximum Gasteiger partial charge on any atom is 0.137 e. The van der Waals surface area contributed by atoms with Gasteiger partial charge in [0.2, 0.25) is 0 Å². The number of benzene rings is 1. The van der Waals surface area contributed by atoms with Gasteiger partial charge in [-0.1, -0.05) is 17.3 Å². The van der Waals surface area contributed by atoms with E-state index in [9.17, 15) is 0 Å². The lowest BCUT2D eigenvalue weighted by Gasteiger charge is -2.07. The molecule has 0 saturated carbocycles. The Morgan fingerprint density at radius 3 is 3.00 bits per heavy atom. The molecule has 1 aromatic carbocycles. The van der Waals surface area contributed by atoms with Crippen molar-refractivity contribution in [2.75, 3.05) is 5.32 Å². The third-order valence-electron chi connectivity index (χ3n) is 2.86. The molecule has 0 amide bonds. The van der Waals surface area contributed by atoms with Gasteiger partial charge in [-0.15, -0.1) is 5.10 Å². The number of nitrogens with zero attached hydrogens (tertiary/aromatic N) is 6. The van der Waals surface area contributed by atoms with Crippen LogP contribution in [0.4, 0.5) is 5.69 Å². The van der Waals surface area contributed by atoms with Crippen LogP contribution in [0, 0.1) is 0 Å². The van der Waals surface area contributed by atoms with Gasteiger partial charge in [0.15, 0.2) is 0 Å². The molecule has 0 saturated heterocycles. The number of hydrogen-bond donors (Lipinski definition) is 1. The molecule has 3 aromatic rings. The lowest BCUT2D eigenvalue weighted by Crippen LogP contribution is -2.03. The number of aromatic nitrogens is 6. The van der Waals surface area contributed by atoms with Crippen molar-refractivity contribution in [3.63, 3.8) is 0 Å². The lowest BCUT2D eigenvalue weighted by atomic mass is 10.2. The summed E-state index contributed by atoms with van der Waals surface area (Å²) in [5.74, 6) is 0. The van der Waals surface area contributed by atoms with Crippen molar-refractivity contribution < 1.29 is 0 Å². The summed E-state index contributed by atoms with van der Waals surface area (Å²) in [6.45, 7) is 1.36. The summed E-state index contributed by atoms with van der Waals surface area (Å²) >= 11 is 0. The van der Waals surface area contributed by atoms with Gasteiger partial charge in [-0.25, -0.2) is 9.67 Å². The van der Waals surface area contributed by atoms with E-state index in [1.807, 2.05) is 25.4 Å². The Kier molecular flexibility index (Phi) is 3.40. The van der Waals surface area contributed by atoms with Gasteiger partial charge < -0.3 is 5.32 Å². The second-order valence-corrected chi connectivity index (χ2v) is 4.53. The van der Waals surface area contributed by atoms with E-state index in [4.69, 9.17) is 0 Å². The molecule has 0 radical (unpaired) electrons. The quantitative estimate of drug-likeness (QED) is 0.750. The fourth-order valence-electron chi connectivity index (χ4n) is 1.95. The zero-order valence-electron chi connectivity index (χ0n) is 11.1. The molecule has 0 aliphatic rings. The standard InChI is InChI=1S/C13H15N7/c1-19-8-13(17-18-19)6-15-12-4-2-3-11(5-12)7-20-10-14-9-16-20/h2-5,8-10,15H,6-7H2,1H3. The Bertz CT molecular complexity index is 672. The Hall–Kier alpha value is -2.70.